The quantitative estimate of drug-likeness (QED) is 0.747. The van der Waals surface area contributed by atoms with E-state index in [0.717, 1.165) is 5.56 Å². The molecule has 0 saturated heterocycles. The van der Waals surface area contributed by atoms with E-state index in [0.29, 0.717) is 11.5 Å². The molecule has 0 fully saturated rings. The molecular formula is C9H10N4O. The fourth-order valence-electron chi connectivity index (χ4n) is 1.10. The number of rotatable bonds is 2. The van der Waals surface area contributed by atoms with Crippen LogP contribution in [0.25, 0.3) is 5.82 Å². The molecule has 1 N–H and O–H groups in total. The molecule has 0 aliphatic rings. The van der Waals surface area contributed by atoms with Gasteiger partial charge in [0.05, 0.1) is 18.5 Å². The van der Waals surface area contributed by atoms with Crippen molar-refractivity contribution >= 4 is 0 Å². The summed E-state index contributed by atoms with van der Waals surface area (Å²) in [6.07, 6.45) is 3.62. The minimum Gasteiger partial charge on any atom is -0.390 e. The largest absolute Gasteiger partial charge is 0.390 e. The lowest BCUT2D eigenvalue weighted by Gasteiger charge is -1.99. The smallest absolute Gasteiger partial charge is 0.175 e. The van der Waals surface area contributed by atoms with Gasteiger partial charge in [0.25, 0.3) is 0 Å². The van der Waals surface area contributed by atoms with Gasteiger partial charge in [-0.15, -0.1) is 5.10 Å². The Labute approximate surface area is 81.0 Å². The average Bonchev–Trinajstić information content (AvgIpc) is 2.65. The number of aromatic nitrogens is 4. The lowest BCUT2D eigenvalue weighted by atomic mass is 10.4. The maximum absolute atomic E-state index is 8.78. The van der Waals surface area contributed by atoms with Crippen molar-refractivity contribution in [1.82, 2.24) is 20.0 Å². The van der Waals surface area contributed by atoms with Crippen molar-refractivity contribution in [2.75, 3.05) is 0 Å². The zero-order valence-corrected chi connectivity index (χ0v) is 7.75. The lowest BCUT2D eigenvalue weighted by Crippen LogP contribution is -2.01. The van der Waals surface area contributed by atoms with Gasteiger partial charge in [-0.2, -0.15) is 10.2 Å². The molecule has 0 spiro atoms. The van der Waals surface area contributed by atoms with E-state index in [-0.39, 0.29) is 6.61 Å². The molecule has 14 heavy (non-hydrogen) atoms. The molecule has 0 bridgehead atoms. The van der Waals surface area contributed by atoms with Gasteiger partial charge in [-0.3, -0.25) is 0 Å². The molecule has 5 nitrogen and oxygen atoms in total. The lowest BCUT2D eigenvalue weighted by molar-refractivity contribution is 0.275. The number of aryl methyl sites for hydroxylation is 1. The highest BCUT2D eigenvalue weighted by molar-refractivity contribution is 5.21. The maximum Gasteiger partial charge on any atom is 0.175 e. The Kier molecular flexibility index (Phi) is 2.24. The van der Waals surface area contributed by atoms with Crippen LogP contribution in [0, 0.1) is 6.92 Å². The van der Waals surface area contributed by atoms with Gasteiger partial charge in [0.1, 0.15) is 0 Å². The Morgan fingerprint density at radius 3 is 2.71 bits per heavy atom. The molecule has 0 saturated carbocycles. The molecule has 0 unspecified atom stereocenters. The average molecular weight is 190 g/mol. The van der Waals surface area contributed by atoms with Gasteiger partial charge in [0.15, 0.2) is 5.82 Å². The predicted molar refractivity (Wildman–Crippen MR) is 49.8 cm³/mol. The summed E-state index contributed by atoms with van der Waals surface area (Å²) >= 11 is 0. The molecule has 2 heterocycles. The van der Waals surface area contributed by atoms with Gasteiger partial charge in [0.2, 0.25) is 0 Å². The van der Waals surface area contributed by atoms with Crippen molar-refractivity contribution in [2.24, 2.45) is 0 Å². The number of aliphatic hydroxyl groups is 1. The molecule has 0 amide bonds. The molecule has 0 aliphatic carbocycles. The first-order chi connectivity index (χ1) is 6.79. The van der Waals surface area contributed by atoms with Crippen LogP contribution in [0.3, 0.4) is 0 Å². The second kappa shape index (κ2) is 3.55. The van der Waals surface area contributed by atoms with Crippen molar-refractivity contribution in [3.05, 3.63) is 35.8 Å². The number of hydrogen-bond donors (Lipinski definition) is 1. The van der Waals surface area contributed by atoms with Crippen molar-refractivity contribution < 1.29 is 5.11 Å². The van der Waals surface area contributed by atoms with E-state index < -0.39 is 0 Å². The van der Waals surface area contributed by atoms with Crippen molar-refractivity contribution in [1.29, 1.82) is 0 Å². The summed E-state index contributed by atoms with van der Waals surface area (Å²) in [5, 5.41) is 20.6. The van der Waals surface area contributed by atoms with E-state index in [1.54, 1.807) is 23.0 Å². The fourth-order valence-corrected chi connectivity index (χ4v) is 1.10. The van der Waals surface area contributed by atoms with Crippen LogP contribution < -0.4 is 0 Å². The Bertz CT molecular complexity index is 421. The minimum atomic E-state index is -0.0919. The van der Waals surface area contributed by atoms with Crippen LogP contribution in [0.4, 0.5) is 0 Å². The highest BCUT2D eigenvalue weighted by Gasteiger charge is 2.00. The van der Waals surface area contributed by atoms with Crippen LogP contribution in [0.15, 0.2) is 24.5 Å². The van der Waals surface area contributed by atoms with E-state index in [1.807, 2.05) is 13.1 Å². The van der Waals surface area contributed by atoms with E-state index in [2.05, 4.69) is 15.3 Å². The highest BCUT2D eigenvalue weighted by atomic mass is 16.3. The Morgan fingerprint density at radius 2 is 2.21 bits per heavy atom. The predicted octanol–water partition coefficient (Wildman–Crippen LogP) is 0.463. The normalized spacial score (nSPS) is 10.4. The minimum absolute atomic E-state index is 0.0919. The van der Waals surface area contributed by atoms with Crippen molar-refractivity contribution in [3.8, 4) is 5.82 Å². The highest BCUT2D eigenvalue weighted by Crippen LogP contribution is 2.03. The molecule has 0 atom stereocenters. The third-order valence-electron chi connectivity index (χ3n) is 1.81. The van der Waals surface area contributed by atoms with E-state index in [9.17, 15) is 0 Å². The molecular weight excluding hydrogens is 180 g/mol. The molecule has 2 aromatic rings. The Balaban J connectivity index is 2.33. The third kappa shape index (κ3) is 1.62. The van der Waals surface area contributed by atoms with E-state index in [4.69, 9.17) is 5.11 Å². The van der Waals surface area contributed by atoms with Crippen LogP contribution in [0.1, 0.15) is 11.3 Å². The standard InChI is InChI=1S/C9H10N4O/c1-7-4-10-13(5-7)9-3-2-8(6-14)11-12-9/h2-5,14H,6H2,1H3. The first-order valence-corrected chi connectivity index (χ1v) is 4.25. The van der Waals surface area contributed by atoms with Crippen LogP contribution >= 0.6 is 0 Å². The fraction of sp³-hybridized carbons (Fsp3) is 0.222. The molecule has 0 radical (unpaired) electrons. The zero-order chi connectivity index (χ0) is 9.97. The van der Waals surface area contributed by atoms with Crippen LogP contribution in [0.2, 0.25) is 0 Å². The van der Waals surface area contributed by atoms with Crippen molar-refractivity contribution in [2.45, 2.75) is 13.5 Å². The second-order valence-corrected chi connectivity index (χ2v) is 3.00. The molecule has 5 heteroatoms. The summed E-state index contributed by atoms with van der Waals surface area (Å²) in [4.78, 5) is 0. The van der Waals surface area contributed by atoms with Crippen LogP contribution in [-0.2, 0) is 6.61 Å². The summed E-state index contributed by atoms with van der Waals surface area (Å²) in [5.74, 6) is 0.648. The Morgan fingerprint density at radius 1 is 1.36 bits per heavy atom. The summed E-state index contributed by atoms with van der Waals surface area (Å²) in [7, 11) is 0. The van der Waals surface area contributed by atoms with E-state index in [1.165, 1.54) is 0 Å². The SMILES string of the molecule is Cc1cnn(-c2ccc(CO)nn2)c1. The van der Waals surface area contributed by atoms with Gasteiger partial charge in [-0.25, -0.2) is 4.68 Å². The molecule has 72 valence electrons. The van der Waals surface area contributed by atoms with Crippen LogP contribution in [0.5, 0.6) is 0 Å². The summed E-state index contributed by atoms with van der Waals surface area (Å²) in [5.41, 5.74) is 1.62. The van der Waals surface area contributed by atoms with Gasteiger partial charge in [-0.1, -0.05) is 0 Å². The van der Waals surface area contributed by atoms with Gasteiger partial charge in [0, 0.05) is 6.20 Å². The first kappa shape index (κ1) is 8.83. The molecule has 2 aromatic heterocycles. The summed E-state index contributed by atoms with van der Waals surface area (Å²) in [6.45, 7) is 1.87. The topological polar surface area (TPSA) is 63.8 Å². The Hall–Kier alpha value is -1.75. The third-order valence-corrected chi connectivity index (χ3v) is 1.81. The van der Waals surface area contributed by atoms with Gasteiger partial charge < -0.3 is 5.11 Å². The number of hydrogen-bond acceptors (Lipinski definition) is 4. The second-order valence-electron chi connectivity index (χ2n) is 3.00. The molecule has 2 rings (SSSR count). The molecule has 0 aromatic carbocycles. The van der Waals surface area contributed by atoms with Crippen molar-refractivity contribution in [3.63, 3.8) is 0 Å². The van der Waals surface area contributed by atoms with Gasteiger partial charge in [-0.05, 0) is 24.6 Å². The number of nitrogens with zero attached hydrogens (tertiary/aromatic N) is 4. The summed E-state index contributed by atoms with van der Waals surface area (Å²) < 4.78 is 1.64. The van der Waals surface area contributed by atoms with Gasteiger partial charge >= 0.3 is 0 Å². The molecule has 0 aliphatic heterocycles. The van der Waals surface area contributed by atoms with Crippen LogP contribution in [-0.4, -0.2) is 25.1 Å². The zero-order valence-electron chi connectivity index (χ0n) is 7.75. The van der Waals surface area contributed by atoms with E-state index >= 15 is 0 Å². The monoisotopic (exact) mass is 190 g/mol. The first-order valence-electron chi connectivity index (χ1n) is 4.25. The number of aliphatic hydroxyl groups excluding tert-OH is 1. The maximum atomic E-state index is 8.78. The summed E-state index contributed by atoms with van der Waals surface area (Å²) in [6, 6.07) is 3.49.